The van der Waals surface area contributed by atoms with Crippen LogP contribution in [0, 0.1) is 23.0 Å². The number of halogens is 6. The standard InChI is InChI=1S/C32H24F5N7O3S.C8H16FN/c1-4-19(15-6-5-9-40-29(15)41-13-14(2)45)44-10-11-47-26-22-25(42-31(46-3)43-30(22)44)24(34)21(23(26)32(35,36)37)16-7-8-18(33)27-20(16)17(12-38)28(39)48-27;1-2-7(9)6-8-4-3-5-10-8/h5-9,13,19H,4,10-11,39H2,1-3H3;7-8,10H,2-6H2,1H3/b41-13+;. The number of carbonyl (C=O) groups is 1. The average molecular weight is 827 g/mol. The van der Waals surface area contributed by atoms with Crippen LogP contribution in [0.4, 0.5) is 43.0 Å². The van der Waals surface area contributed by atoms with Gasteiger partial charge >= 0.3 is 12.2 Å². The third-order valence-electron chi connectivity index (χ3n) is 9.97. The summed E-state index contributed by atoms with van der Waals surface area (Å²) in [6, 6.07) is 6.49. The van der Waals surface area contributed by atoms with E-state index in [2.05, 4.69) is 25.3 Å². The van der Waals surface area contributed by atoms with Crippen molar-refractivity contribution in [2.75, 3.05) is 37.4 Å². The maximum Gasteiger partial charge on any atom is 0.420 e. The number of pyridine rings is 1. The molecule has 0 amide bonds. The summed E-state index contributed by atoms with van der Waals surface area (Å²) < 4.78 is 101. The van der Waals surface area contributed by atoms with E-state index in [1.165, 1.54) is 33.1 Å². The molecule has 2 aliphatic heterocycles. The Hall–Kier alpha value is -5.54. The van der Waals surface area contributed by atoms with Crippen molar-refractivity contribution in [1.82, 2.24) is 20.3 Å². The molecule has 5 aromatic rings. The Kier molecular flexibility index (Phi) is 12.7. The molecule has 0 aliphatic carbocycles. The largest absolute Gasteiger partial charge is 0.490 e. The molecule has 2 aromatic carbocycles. The van der Waals surface area contributed by atoms with Crippen molar-refractivity contribution >= 4 is 61.0 Å². The molecule has 3 N–H and O–H groups in total. The molecule has 18 heteroatoms. The van der Waals surface area contributed by atoms with E-state index in [0.717, 1.165) is 31.3 Å². The van der Waals surface area contributed by atoms with Crippen LogP contribution in [-0.2, 0) is 11.0 Å². The van der Waals surface area contributed by atoms with Crippen LogP contribution >= 0.6 is 11.3 Å². The lowest BCUT2D eigenvalue weighted by atomic mass is 9.91. The normalized spacial score (nSPS) is 16.4. The fourth-order valence-electron chi connectivity index (χ4n) is 7.37. The number of anilines is 2. The summed E-state index contributed by atoms with van der Waals surface area (Å²) in [5.41, 5.74) is 2.71. The van der Waals surface area contributed by atoms with E-state index >= 15 is 17.6 Å². The number of aromatic nitrogens is 3. The fourth-order valence-corrected chi connectivity index (χ4v) is 8.31. The number of aliphatic imine (C=N–C) groups is 1. The summed E-state index contributed by atoms with van der Waals surface area (Å²) in [6.45, 7) is 5.80. The molecule has 3 aromatic heterocycles. The first-order valence-electron chi connectivity index (χ1n) is 18.6. The fraction of sp³-hybridized carbons (Fsp3) is 0.400. The lowest BCUT2D eigenvalue weighted by Gasteiger charge is -2.32. The average Bonchev–Trinajstić information content (AvgIpc) is 3.79. The number of Topliss-reactive ketones (excluding diaryl/α,β-unsaturated/α-hetero) is 1. The third-order valence-corrected chi connectivity index (χ3v) is 11.0. The third kappa shape index (κ3) is 8.23. The van der Waals surface area contributed by atoms with E-state index in [1.54, 1.807) is 23.1 Å². The Bertz CT molecular complexity index is 2410. The molecule has 0 saturated carbocycles. The van der Waals surface area contributed by atoms with Gasteiger partial charge in [-0.1, -0.05) is 26.0 Å². The van der Waals surface area contributed by atoms with Crippen LogP contribution in [0.1, 0.15) is 75.6 Å². The molecule has 3 atom stereocenters. The van der Waals surface area contributed by atoms with Crippen molar-refractivity contribution in [3.8, 4) is 29.0 Å². The number of nitriles is 1. The lowest BCUT2D eigenvalue weighted by molar-refractivity contribution is -0.138. The predicted octanol–water partition coefficient (Wildman–Crippen LogP) is 9.18. The van der Waals surface area contributed by atoms with Crippen molar-refractivity contribution in [3.05, 3.63) is 58.8 Å². The minimum atomic E-state index is -5.22. The summed E-state index contributed by atoms with van der Waals surface area (Å²) in [5.74, 6) is -3.25. The van der Waals surface area contributed by atoms with Crippen LogP contribution in [0.15, 0.2) is 35.5 Å². The number of carbonyl (C=O) groups excluding carboxylic acids is 1. The Balaban J connectivity index is 0.000000496. The molecule has 58 heavy (non-hydrogen) atoms. The van der Waals surface area contributed by atoms with Crippen molar-refractivity contribution in [3.63, 3.8) is 0 Å². The zero-order chi connectivity index (χ0) is 41.9. The molecule has 0 bridgehead atoms. The first-order chi connectivity index (χ1) is 27.7. The van der Waals surface area contributed by atoms with Gasteiger partial charge in [0.15, 0.2) is 17.4 Å². The number of fused-ring (bicyclic) bond motifs is 1. The number of ether oxygens (including phenoxy) is 2. The number of hydrogen-bond donors (Lipinski definition) is 2. The molecule has 11 nitrogen and oxygen atoms in total. The van der Waals surface area contributed by atoms with E-state index in [1.807, 2.05) is 13.8 Å². The van der Waals surface area contributed by atoms with Gasteiger partial charge < -0.3 is 25.4 Å². The molecule has 7 rings (SSSR count). The summed E-state index contributed by atoms with van der Waals surface area (Å²) in [6.07, 6.45) is 0.903. The lowest BCUT2D eigenvalue weighted by Crippen LogP contribution is -2.32. The number of methoxy groups -OCH3 is 1. The van der Waals surface area contributed by atoms with E-state index in [4.69, 9.17) is 15.2 Å². The highest BCUT2D eigenvalue weighted by atomic mass is 32.1. The molecular weight excluding hydrogens is 787 g/mol. The zero-order valence-electron chi connectivity index (χ0n) is 32.0. The second-order valence-corrected chi connectivity index (χ2v) is 14.7. The monoisotopic (exact) mass is 826 g/mol. The number of nitrogens with one attached hydrogen (secondary N) is 1. The van der Waals surface area contributed by atoms with Gasteiger partial charge in [-0.25, -0.2) is 23.1 Å². The minimum Gasteiger partial charge on any atom is -0.490 e. The first-order valence-corrected chi connectivity index (χ1v) is 19.4. The number of rotatable bonds is 10. The molecule has 1 saturated heterocycles. The second kappa shape index (κ2) is 17.5. The maximum atomic E-state index is 17.0. The van der Waals surface area contributed by atoms with Crippen LogP contribution in [0.3, 0.4) is 0 Å². The molecule has 0 spiro atoms. The zero-order valence-corrected chi connectivity index (χ0v) is 32.8. The topological polar surface area (TPSA) is 152 Å². The van der Waals surface area contributed by atoms with Crippen LogP contribution in [0.25, 0.3) is 32.1 Å². The van der Waals surface area contributed by atoms with Gasteiger partial charge in [0, 0.05) is 35.7 Å². The van der Waals surface area contributed by atoms with E-state index in [9.17, 15) is 18.8 Å². The minimum absolute atomic E-state index is 0.0259. The number of thiophene rings is 1. The van der Waals surface area contributed by atoms with Gasteiger partial charge in [-0.2, -0.15) is 28.4 Å². The van der Waals surface area contributed by atoms with E-state index in [-0.39, 0.29) is 62.6 Å². The second-order valence-electron chi connectivity index (χ2n) is 13.7. The van der Waals surface area contributed by atoms with Crippen molar-refractivity contribution in [2.24, 2.45) is 4.99 Å². The van der Waals surface area contributed by atoms with Crippen LogP contribution in [0.5, 0.6) is 11.8 Å². The van der Waals surface area contributed by atoms with Gasteiger partial charge in [-0.05, 0) is 56.3 Å². The smallest absolute Gasteiger partial charge is 0.420 e. The number of hydrogen-bond acceptors (Lipinski definition) is 12. The van der Waals surface area contributed by atoms with E-state index < -0.39 is 58.0 Å². The molecule has 5 heterocycles. The van der Waals surface area contributed by atoms with Gasteiger partial charge in [0.25, 0.3) is 0 Å². The Labute approximate surface area is 333 Å². The van der Waals surface area contributed by atoms with Gasteiger partial charge in [-0.15, -0.1) is 11.3 Å². The molecule has 0 radical (unpaired) electrons. The van der Waals surface area contributed by atoms with Crippen molar-refractivity contribution in [1.29, 1.82) is 5.26 Å². The van der Waals surface area contributed by atoms with Gasteiger partial charge in [0.2, 0.25) is 0 Å². The molecular formula is C40H40F6N8O3S. The summed E-state index contributed by atoms with van der Waals surface area (Å²) in [4.78, 5) is 30.3. The van der Waals surface area contributed by atoms with Gasteiger partial charge in [0.05, 0.1) is 41.6 Å². The highest BCUT2D eigenvalue weighted by Crippen LogP contribution is 2.54. The van der Waals surface area contributed by atoms with Gasteiger partial charge in [-0.3, -0.25) is 4.79 Å². The van der Waals surface area contributed by atoms with Crippen LogP contribution < -0.4 is 25.4 Å². The number of ketones is 1. The highest BCUT2D eigenvalue weighted by molar-refractivity contribution is 7.23. The van der Waals surface area contributed by atoms with Crippen LogP contribution in [-0.4, -0.2) is 66.0 Å². The summed E-state index contributed by atoms with van der Waals surface area (Å²) >= 11 is 0.664. The molecule has 306 valence electrons. The Morgan fingerprint density at radius 3 is 2.64 bits per heavy atom. The number of benzene rings is 2. The Morgan fingerprint density at radius 2 is 2.00 bits per heavy atom. The number of alkyl halides is 4. The first kappa shape index (κ1) is 42.1. The number of nitrogen functional groups attached to an aromatic ring is 1. The van der Waals surface area contributed by atoms with E-state index in [0.29, 0.717) is 35.8 Å². The number of nitrogens with zero attached hydrogens (tertiary/aromatic N) is 6. The van der Waals surface area contributed by atoms with Crippen molar-refractivity contribution < 1.29 is 40.6 Å². The molecule has 3 unspecified atom stereocenters. The Morgan fingerprint density at radius 1 is 1.22 bits per heavy atom. The molecule has 1 fully saturated rings. The summed E-state index contributed by atoms with van der Waals surface area (Å²) in [7, 11) is 1.22. The maximum absolute atomic E-state index is 17.0. The van der Waals surface area contributed by atoms with Crippen molar-refractivity contribution in [2.45, 2.75) is 77.3 Å². The molecule has 2 aliphatic rings. The number of nitrogens with two attached hydrogens (primary N) is 1. The quantitative estimate of drug-likeness (QED) is 0.103. The van der Waals surface area contributed by atoms with Crippen LogP contribution in [0.2, 0.25) is 0 Å². The predicted molar refractivity (Wildman–Crippen MR) is 211 cm³/mol. The SMILES string of the molecule is CCC(F)CC1CCCN1.CCC(c1cccnc1/N=C/C(C)=O)N1CCOc2c(C(F)(F)F)c(-c3ccc(F)c4sc(N)c(C#N)c34)c(F)c3nc(OC)nc1c23. The van der Waals surface area contributed by atoms with Gasteiger partial charge in [0.1, 0.15) is 52.3 Å². The highest BCUT2D eigenvalue weighted by Gasteiger charge is 2.44. The summed E-state index contributed by atoms with van der Waals surface area (Å²) in [5, 5.41) is 12.3.